The SMILES string of the molecule is C=CCn1c(=NC(=O)Cc2ccc(C(C)C)cc2)sc2cc(F)cc(F)c21. The number of halogens is 2. The first kappa shape index (κ1) is 19.2. The van der Waals surface area contributed by atoms with Gasteiger partial charge in [-0.25, -0.2) is 8.78 Å². The highest BCUT2D eigenvalue weighted by atomic mass is 32.1. The van der Waals surface area contributed by atoms with Crippen molar-refractivity contribution in [1.82, 2.24) is 4.57 Å². The Morgan fingerprint density at radius 2 is 1.96 bits per heavy atom. The van der Waals surface area contributed by atoms with Gasteiger partial charge in [-0.2, -0.15) is 4.99 Å². The van der Waals surface area contributed by atoms with Gasteiger partial charge in [0, 0.05) is 12.6 Å². The second kappa shape index (κ2) is 7.96. The lowest BCUT2D eigenvalue weighted by Gasteiger charge is -2.05. The third-order valence-electron chi connectivity index (χ3n) is 4.23. The van der Waals surface area contributed by atoms with Gasteiger partial charge < -0.3 is 4.57 Å². The summed E-state index contributed by atoms with van der Waals surface area (Å²) in [6, 6.07) is 9.92. The zero-order valence-corrected chi connectivity index (χ0v) is 16.0. The first-order valence-electron chi connectivity index (χ1n) is 8.64. The van der Waals surface area contributed by atoms with E-state index in [1.807, 2.05) is 24.3 Å². The Bertz CT molecular complexity index is 1060. The highest BCUT2D eigenvalue weighted by molar-refractivity contribution is 7.16. The van der Waals surface area contributed by atoms with Gasteiger partial charge in [0.25, 0.3) is 5.91 Å². The molecule has 0 aliphatic rings. The summed E-state index contributed by atoms with van der Waals surface area (Å²) in [5.41, 5.74) is 2.30. The maximum atomic E-state index is 14.2. The van der Waals surface area contributed by atoms with E-state index in [4.69, 9.17) is 0 Å². The van der Waals surface area contributed by atoms with Crippen LogP contribution in [0.3, 0.4) is 0 Å². The third-order valence-corrected chi connectivity index (χ3v) is 5.25. The van der Waals surface area contributed by atoms with E-state index in [1.165, 1.54) is 11.6 Å². The number of hydrogen-bond acceptors (Lipinski definition) is 2. The fraction of sp³-hybridized carbons (Fsp3) is 0.238. The molecule has 0 unspecified atom stereocenters. The van der Waals surface area contributed by atoms with Crippen LogP contribution in [-0.4, -0.2) is 10.5 Å². The molecule has 1 heterocycles. The van der Waals surface area contributed by atoms with Crippen molar-refractivity contribution >= 4 is 27.5 Å². The van der Waals surface area contributed by atoms with Crippen LogP contribution in [0.25, 0.3) is 10.2 Å². The predicted octanol–water partition coefficient (Wildman–Crippen LogP) is 4.96. The number of allylic oxidation sites excluding steroid dienone is 1. The Morgan fingerprint density at radius 3 is 2.59 bits per heavy atom. The largest absolute Gasteiger partial charge is 0.310 e. The zero-order chi connectivity index (χ0) is 19.6. The molecule has 3 rings (SSSR count). The summed E-state index contributed by atoms with van der Waals surface area (Å²) >= 11 is 1.09. The quantitative estimate of drug-likeness (QED) is 0.571. The Balaban J connectivity index is 1.96. The molecule has 1 amide bonds. The van der Waals surface area contributed by atoms with Gasteiger partial charge in [0.15, 0.2) is 10.6 Å². The topological polar surface area (TPSA) is 34.4 Å². The molecule has 0 aliphatic carbocycles. The number of nitrogens with zero attached hydrogens (tertiary/aromatic N) is 2. The molecule has 2 aromatic carbocycles. The normalized spacial score (nSPS) is 12.1. The van der Waals surface area contributed by atoms with E-state index in [9.17, 15) is 13.6 Å². The third kappa shape index (κ3) is 4.22. The van der Waals surface area contributed by atoms with Crippen LogP contribution in [0.4, 0.5) is 8.78 Å². The standard InChI is InChI=1S/C21H20F2N2OS/c1-4-9-25-20-17(23)11-16(22)12-18(20)27-21(25)24-19(26)10-14-5-7-15(8-6-14)13(2)3/h4-8,11-13H,1,9-10H2,2-3H3. The van der Waals surface area contributed by atoms with E-state index in [2.05, 4.69) is 25.4 Å². The summed E-state index contributed by atoms with van der Waals surface area (Å²) in [6.07, 6.45) is 1.74. The van der Waals surface area contributed by atoms with Gasteiger partial charge in [0.05, 0.1) is 16.6 Å². The van der Waals surface area contributed by atoms with E-state index in [1.54, 1.807) is 10.6 Å². The molecule has 0 radical (unpaired) electrons. The minimum atomic E-state index is -0.679. The van der Waals surface area contributed by atoms with Gasteiger partial charge in [0.2, 0.25) is 0 Å². The monoisotopic (exact) mass is 386 g/mol. The van der Waals surface area contributed by atoms with Crippen LogP contribution >= 0.6 is 11.3 Å². The lowest BCUT2D eigenvalue weighted by atomic mass is 10.0. The van der Waals surface area contributed by atoms with E-state index in [-0.39, 0.29) is 24.4 Å². The average molecular weight is 386 g/mol. The van der Waals surface area contributed by atoms with Gasteiger partial charge >= 0.3 is 0 Å². The molecule has 0 atom stereocenters. The number of carbonyl (C=O) groups is 1. The van der Waals surface area contributed by atoms with Crippen molar-refractivity contribution in [3.05, 3.63) is 76.6 Å². The maximum Gasteiger partial charge on any atom is 0.252 e. The minimum absolute atomic E-state index is 0.150. The van der Waals surface area contributed by atoms with Crippen LogP contribution in [0.1, 0.15) is 30.9 Å². The van der Waals surface area contributed by atoms with Crippen molar-refractivity contribution in [2.45, 2.75) is 32.7 Å². The number of carbonyl (C=O) groups excluding carboxylic acids is 1. The molecule has 3 aromatic rings. The fourth-order valence-electron chi connectivity index (χ4n) is 2.85. The summed E-state index contributed by atoms with van der Waals surface area (Å²) in [7, 11) is 0. The van der Waals surface area contributed by atoms with E-state index in [0.717, 1.165) is 23.0 Å². The van der Waals surface area contributed by atoms with Crippen LogP contribution in [-0.2, 0) is 17.8 Å². The van der Waals surface area contributed by atoms with Crippen molar-refractivity contribution in [2.24, 2.45) is 4.99 Å². The van der Waals surface area contributed by atoms with Gasteiger partial charge in [-0.15, -0.1) is 6.58 Å². The molecule has 0 saturated carbocycles. The number of benzene rings is 2. The summed E-state index contributed by atoms with van der Waals surface area (Å²) in [6.45, 7) is 8.15. The summed E-state index contributed by atoms with van der Waals surface area (Å²) < 4.78 is 29.7. The zero-order valence-electron chi connectivity index (χ0n) is 15.2. The molecule has 0 fully saturated rings. The van der Waals surface area contributed by atoms with Gasteiger partial charge in [-0.1, -0.05) is 55.5 Å². The number of fused-ring (bicyclic) bond motifs is 1. The molecule has 0 bridgehead atoms. The van der Waals surface area contributed by atoms with E-state index in [0.29, 0.717) is 15.4 Å². The molecule has 0 spiro atoms. The highest BCUT2D eigenvalue weighted by Crippen LogP contribution is 2.22. The maximum absolute atomic E-state index is 14.2. The van der Waals surface area contributed by atoms with Crippen LogP contribution in [0.2, 0.25) is 0 Å². The smallest absolute Gasteiger partial charge is 0.252 e. The summed E-state index contributed by atoms with van der Waals surface area (Å²) in [5, 5.41) is 0. The number of amides is 1. The van der Waals surface area contributed by atoms with Gasteiger partial charge in [-0.05, 0) is 23.1 Å². The molecular weight excluding hydrogens is 366 g/mol. The van der Waals surface area contributed by atoms with Crippen LogP contribution < -0.4 is 4.80 Å². The van der Waals surface area contributed by atoms with Gasteiger partial charge in [-0.3, -0.25) is 4.79 Å². The average Bonchev–Trinajstić information content (AvgIpc) is 2.92. The number of rotatable bonds is 5. The molecule has 3 nitrogen and oxygen atoms in total. The van der Waals surface area contributed by atoms with E-state index >= 15 is 0 Å². The molecule has 1 aromatic heterocycles. The molecule has 140 valence electrons. The van der Waals surface area contributed by atoms with Crippen LogP contribution in [0.5, 0.6) is 0 Å². The summed E-state index contributed by atoms with van der Waals surface area (Å²) in [4.78, 5) is 16.9. The van der Waals surface area contributed by atoms with Crippen molar-refractivity contribution < 1.29 is 13.6 Å². The Morgan fingerprint density at radius 1 is 1.26 bits per heavy atom. The Hall–Kier alpha value is -2.60. The number of thiazole rings is 1. The fourth-order valence-corrected chi connectivity index (χ4v) is 3.95. The van der Waals surface area contributed by atoms with Crippen molar-refractivity contribution in [3.63, 3.8) is 0 Å². The first-order chi connectivity index (χ1) is 12.9. The second-order valence-electron chi connectivity index (χ2n) is 6.60. The van der Waals surface area contributed by atoms with Crippen LogP contribution in [0, 0.1) is 11.6 Å². The van der Waals surface area contributed by atoms with Crippen LogP contribution in [0.15, 0.2) is 54.0 Å². The Labute approximate surface area is 160 Å². The predicted molar refractivity (Wildman–Crippen MR) is 105 cm³/mol. The first-order valence-corrected chi connectivity index (χ1v) is 9.46. The van der Waals surface area contributed by atoms with Crippen molar-refractivity contribution in [3.8, 4) is 0 Å². The lowest BCUT2D eigenvalue weighted by Crippen LogP contribution is -2.17. The highest BCUT2D eigenvalue weighted by Gasteiger charge is 2.13. The molecular formula is C21H20F2N2OS. The van der Waals surface area contributed by atoms with Crippen molar-refractivity contribution in [2.75, 3.05) is 0 Å². The minimum Gasteiger partial charge on any atom is -0.310 e. The van der Waals surface area contributed by atoms with E-state index < -0.39 is 11.6 Å². The Kier molecular flexibility index (Phi) is 5.65. The number of hydrogen-bond donors (Lipinski definition) is 0. The lowest BCUT2D eigenvalue weighted by molar-refractivity contribution is -0.117. The number of aromatic nitrogens is 1. The summed E-state index contributed by atoms with van der Waals surface area (Å²) in [5.74, 6) is -1.25. The van der Waals surface area contributed by atoms with Crippen molar-refractivity contribution in [1.29, 1.82) is 0 Å². The molecule has 0 saturated heterocycles. The van der Waals surface area contributed by atoms with Gasteiger partial charge in [0.1, 0.15) is 5.82 Å². The second-order valence-corrected chi connectivity index (χ2v) is 7.61. The molecule has 27 heavy (non-hydrogen) atoms. The molecule has 6 heteroatoms. The molecule has 0 aliphatic heterocycles. The molecule has 0 N–H and O–H groups in total.